The molecule has 0 aliphatic carbocycles. The summed E-state index contributed by atoms with van der Waals surface area (Å²) >= 11 is 5.82. The fourth-order valence-corrected chi connectivity index (χ4v) is 2.30. The molecule has 0 saturated carbocycles. The lowest BCUT2D eigenvalue weighted by molar-refractivity contribution is -0.120. The van der Waals surface area contributed by atoms with Crippen LogP contribution in [0.5, 0.6) is 0 Å². The van der Waals surface area contributed by atoms with Crippen molar-refractivity contribution in [2.24, 2.45) is 0 Å². The number of hydrogen-bond donors (Lipinski definition) is 3. The van der Waals surface area contributed by atoms with E-state index in [1.165, 1.54) is 5.56 Å². The van der Waals surface area contributed by atoms with Crippen LogP contribution in [-0.4, -0.2) is 25.0 Å². The van der Waals surface area contributed by atoms with Crippen LogP contribution < -0.4 is 16.0 Å². The molecule has 0 atom stereocenters. The number of halogens is 1. The van der Waals surface area contributed by atoms with Crippen molar-refractivity contribution in [2.75, 3.05) is 13.1 Å². The molecule has 2 aromatic rings. The van der Waals surface area contributed by atoms with Crippen molar-refractivity contribution in [3.05, 3.63) is 70.2 Å². The zero-order valence-corrected chi connectivity index (χ0v) is 14.9. The second-order valence-corrected chi connectivity index (χ2v) is 6.18. The second kappa shape index (κ2) is 9.69. The number of carbonyl (C=O) groups is 2. The predicted molar refractivity (Wildman–Crippen MR) is 99.6 cm³/mol. The molecule has 0 unspecified atom stereocenters. The number of urea groups is 1. The Hall–Kier alpha value is -2.53. The van der Waals surface area contributed by atoms with Crippen LogP contribution in [0, 0.1) is 6.92 Å². The fourth-order valence-electron chi connectivity index (χ4n) is 2.17. The van der Waals surface area contributed by atoms with E-state index >= 15 is 0 Å². The minimum absolute atomic E-state index is 0.0552. The maximum Gasteiger partial charge on any atom is 0.315 e. The first-order valence-electron chi connectivity index (χ1n) is 8.11. The van der Waals surface area contributed by atoms with Gasteiger partial charge in [0.05, 0.1) is 6.54 Å². The molecule has 0 aromatic heterocycles. The Kier molecular flexibility index (Phi) is 7.29. The summed E-state index contributed by atoms with van der Waals surface area (Å²) in [5.41, 5.74) is 3.27. The van der Waals surface area contributed by atoms with Gasteiger partial charge in [-0.25, -0.2) is 4.79 Å². The maximum atomic E-state index is 11.7. The van der Waals surface area contributed by atoms with Crippen LogP contribution in [0.3, 0.4) is 0 Å². The van der Waals surface area contributed by atoms with Crippen LogP contribution in [0.25, 0.3) is 0 Å². The van der Waals surface area contributed by atoms with Crippen LogP contribution in [-0.2, 0) is 17.8 Å². The van der Waals surface area contributed by atoms with Crippen LogP contribution in [0.2, 0.25) is 5.02 Å². The molecule has 6 heteroatoms. The van der Waals surface area contributed by atoms with Gasteiger partial charge in [0.25, 0.3) is 0 Å². The Bertz CT molecular complexity index is 700. The Balaban J connectivity index is 1.59. The van der Waals surface area contributed by atoms with Crippen molar-refractivity contribution in [3.63, 3.8) is 0 Å². The molecule has 25 heavy (non-hydrogen) atoms. The summed E-state index contributed by atoms with van der Waals surface area (Å²) in [6.07, 6.45) is 0.711. The van der Waals surface area contributed by atoms with E-state index in [4.69, 9.17) is 11.6 Å². The first-order valence-corrected chi connectivity index (χ1v) is 8.49. The second-order valence-electron chi connectivity index (χ2n) is 5.75. The van der Waals surface area contributed by atoms with Gasteiger partial charge in [0.2, 0.25) is 5.91 Å². The van der Waals surface area contributed by atoms with E-state index in [0.29, 0.717) is 24.5 Å². The smallest absolute Gasteiger partial charge is 0.315 e. The summed E-state index contributed by atoms with van der Waals surface area (Å²) in [5.74, 6) is -0.223. The number of benzene rings is 2. The van der Waals surface area contributed by atoms with Crippen molar-refractivity contribution < 1.29 is 9.59 Å². The number of amides is 3. The zero-order chi connectivity index (χ0) is 18.1. The highest BCUT2D eigenvalue weighted by Crippen LogP contribution is 2.09. The highest BCUT2D eigenvalue weighted by atomic mass is 35.5. The average molecular weight is 360 g/mol. The van der Waals surface area contributed by atoms with Crippen molar-refractivity contribution in [1.29, 1.82) is 0 Å². The third-order valence-electron chi connectivity index (χ3n) is 3.63. The highest BCUT2D eigenvalue weighted by molar-refractivity contribution is 6.30. The molecule has 0 aliphatic rings. The van der Waals surface area contributed by atoms with Crippen LogP contribution in [0.1, 0.15) is 16.7 Å². The minimum Gasteiger partial charge on any atom is -0.354 e. The van der Waals surface area contributed by atoms with E-state index < -0.39 is 0 Å². The summed E-state index contributed by atoms with van der Waals surface area (Å²) in [5, 5.41) is 8.71. The SMILES string of the molecule is Cc1ccc(CNC(=O)NCC(=O)NCCc2ccc(Cl)cc2)cc1. The molecule has 2 rings (SSSR count). The first kappa shape index (κ1) is 18.8. The summed E-state index contributed by atoms with van der Waals surface area (Å²) in [6, 6.07) is 15.0. The van der Waals surface area contributed by atoms with E-state index in [9.17, 15) is 9.59 Å². The van der Waals surface area contributed by atoms with Gasteiger partial charge in [-0.15, -0.1) is 0 Å². The van der Waals surface area contributed by atoms with E-state index in [1.807, 2.05) is 55.5 Å². The van der Waals surface area contributed by atoms with Crippen LogP contribution in [0.15, 0.2) is 48.5 Å². The molecule has 0 spiro atoms. The van der Waals surface area contributed by atoms with E-state index in [2.05, 4.69) is 16.0 Å². The first-order chi connectivity index (χ1) is 12.0. The zero-order valence-electron chi connectivity index (χ0n) is 14.1. The third-order valence-corrected chi connectivity index (χ3v) is 3.88. The lowest BCUT2D eigenvalue weighted by Gasteiger charge is -2.09. The summed E-state index contributed by atoms with van der Waals surface area (Å²) in [7, 11) is 0. The topological polar surface area (TPSA) is 70.2 Å². The maximum absolute atomic E-state index is 11.7. The fraction of sp³-hybridized carbons (Fsp3) is 0.263. The van der Waals surface area contributed by atoms with Crippen LogP contribution >= 0.6 is 11.6 Å². The highest BCUT2D eigenvalue weighted by Gasteiger charge is 2.05. The third kappa shape index (κ3) is 7.27. The van der Waals surface area contributed by atoms with E-state index in [1.54, 1.807) is 0 Å². The van der Waals surface area contributed by atoms with Crippen molar-refractivity contribution in [1.82, 2.24) is 16.0 Å². The molecular weight excluding hydrogens is 338 g/mol. The normalized spacial score (nSPS) is 10.2. The molecule has 3 N–H and O–H groups in total. The van der Waals surface area contributed by atoms with Crippen LogP contribution in [0.4, 0.5) is 4.79 Å². The number of hydrogen-bond acceptors (Lipinski definition) is 2. The molecule has 0 aliphatic heterocycles. The van der Waals surface area contributed by atoms with E-state index in [0.717, 1.165) is 11.1 Å². The van der Waals surface area contributed by atoms with Gasteiger partial charge in [-0.05, 0) is 36.6 Å². The Labute approximate surface area is 152 Å². The Morgan fingerprint density at radius 1 is 0.880 bits per heavy atom. The monoisotopic (exact) mass is 359 g/mol. The molecule has 0 fully saturated rings. The lowest BCUT2D eigenvalue weighted by Crippen LogP contribution is -2.42. The lowest BCUT2D eigenvalue weighted by atomic mass is 10.1. The molecule has 0 heterocycles. The standard InChI is InChI=1S/C19H22ClN3O2/c1-14-2-4-16(5-3-14)12-22-19(25)23-13-18(24)21-11-10-15-6-8-17(20)9-7-15/h2-9H,10-13H2,1H3,(H,21,24)(H2,22,23,25). The quantitative estimate of drug-likeness (QED) is 0.711. The van der Waals surface area contributed by atoms with Gasteiger partial charge < -0.3 is 16.0 Å². The molecule has 0 saturated heterocycles. The van der Waals surface area contributed by atoms with Gasteiger partial charge in [0.1, 0.15) is 0 Å². The van der Waals surface area contributed by atoms with Gasteiger partial charge in [-0.1, -0.05) is 53.6 Å². The van der Waals surface area contributed by atoms with Gasteiger partial charge in [0.15, 0.2) is 0 Å². The predicted octanol–water partition coefficient (Wildman–Crippen LogP) is 2.81. The molecule has 0 bridgehead atoms. The number of rotatable bonds is 7. The molecule has 0 radical (unpaired) electrons. The van der Waals surface area contributed by atoms with Gasteiger partial charge in [-0.3, -0.25) is 4.79 Å². The van der Waals surface area contributed by atoms with Crippen molar-refractivity contribution in [3.8, 4) is 0 Å². The van der Waals surface area contributed by atoms with Gasteiger partial charge in [-0.2, -0.15) is 0 Å². The van der Waals surface area contributed by atoms with Gasteiger partial charge >= 0.3 is 6.03 Å². The summed E-state index contributed by atoms with van der Waals surface area (Å²) < 4.78 is 0. The number of aryl methyl sites for hydroxylation is 1. The molecule has 2 aromatic carbocycles. The molecule has 5 nitrogen and oxygen atoms in total. The van der Waals surface area contributed by atoms with Gasteiger partial charge in [0, 0.05) is 18.1 Å². The molecule has 3 amide bonds. The average Bonchev–Trinajstić information content (AvgIpc) is 2.61. The summed E-state index contributed by atoms with van der Waals surface area (Å²) in [4.78, 5) is 23.4. The summed E-state index contributed by atoms with van der Waals surface area (Å²) in [6.45, 7) is 2.88. The number of nitrogens with one attached hydrogen (secondary N) is 3. The number of carbonyl (C=O) groups excluding carboxylic acids is 2. The molecule has 132 valence electrons. The Morgan fingerprint density at radius 2 is 1.52 bits per heavy atom. The molecular formula is C19H22ClN3O2. The van der Waals surface area contributed by atoms with Crippen molar-refractivity contribution in [2.45, 2.75) is 19.9 Å². The van der Waals surface area contributed by atoms with Crippen molar-refractivity contribution >= 4 is 23.5 Å². The Morgan fingerprint density at radius 3 is 2.20 bits per heavy atom. The minimum atomic E-state index is -0.367. The largest absolute Gasteiger partial charge is 0.354 e. The van der Waals surface area contributed by atoms with E-state index in [-0.39, 0.29) is 18.5 Å².